The van der Waals surface area contributed by atoms with Gasteiger partial charge in [-0.25, -0.2) is 19.7 Å². The predicted molar refractivity (Wildman–Crippen MR) is 138 cm³/mol. The van der Waals surface area contributed by atoms with Gasteiger partial charge in [-0.15, -0.1) is 0 Å². The molecule has 0 saturated carbocycles. The summed E-state index contributed by atoms with van der Waals surface area (Å²) in [6, 6.07) is 16.4. The summed E-state index contributed by atoms with van der Waals surface area (Å²) in [5.74, 6) is -0.385. The fraction of sp³-hybridized carbons (Fsp3) is 0.231. The minimum absolute atomic E-state index is 0.272. The Hall–Kier alpha value is -3.86. The molecule has 1 saturated heterocycles. The number of carboxylic acids is 1. The lowest BCUT2D eigenvalue weighted by molar-refractivity contribution is -0.149. The second kappa shape index (κ2) is 10.0. The van der Waals surface area contributed by atoms with Gasteiger partial charge >= 0.3 is 5.97 Å². The molecule has 0 bridgehead atoms. The molecule has 0 amide bonds. The van der Waals surface area contributed by atoms with Crippen LogP contribution < -0.4 is 10.2 Å². The van der Waals surface area contributed by atoms with E-state index in [1.807, 2.05) is 67.5 Å². The summed E-state index contributed by atoms with van der Waals surface area (Å²) >= 11 is 1.54. The van der Waals surface area contributed by atoms with Crippen molar-refractivity contribution in [1.29, 1.82) is 0 Å². The predicted octanol–water partition coefficient (Wildman–Crippen LogP) is 4.90. The highest BCUT2D eigenvalue weighted by molar-refractivity contribution is 7.18. The number of anilines is 3. The fourth-order valence-corrected chi connectivity index (χ4v) is 4.74. The van der Waals surface area contributed by atoms with E-state index in [1.54, 1.807) is 18.3 Å². The number of carbonyl (C=O) groups is 1. The second-order valence-corrected chi connectivity index (χ2v) is 9.48. The van der Waals surface area contributed by atoms with Gasteiger partial charge in [-0.1, -0.05) is 29.5 Å². The molecule has 1 aromatic carbocycles. The average molecular weight is 504 g/mol. The van der Waals surface area contributed by atoms with Crippen LogP contribution in [0.3, 0.4) is 0 Å². The number of thiazole rings is 1. The van der Waals surface area contributed by atoms with Crippen LogP contribution in [0.1, 0.15) is 28.4 Å². The molecule has 2 N–H and O–H groups in total. The maximum absolute atomic E-state index is 11.1. The SMILES string of the molecule is CN(Cc1ccc(C(=O)O)cc1)c1ncc(-c2cccc(Nc3cc(C4(C)OCCO4)ccn3)n2)s1. The van der Waals surface area contributed by atoms with Crippen LogP contribution in [0, 0.1) is 0 Å². The van der Waals surface area contributed by atoms with Gasteiger partial charge in [0.05, 0.1) is 29.3 Å². The Morgan fingerprint density at radius 1 is 1.11 bits per heavy atom. The Kier molecular flexibility index (Phi) is 6.64. The monoisotopic (exact) mass is 503 g/mol. The summed E-state index contributed by atoms with van der Waals surface area (Å²) in [6.07, 6.45) is 3.53. The van der Waals surface area contributed by atoms with Crippen LogP contribution in [-0.2, 0) is 21.8 Å². The van der Waals surface area contributed by atoms with E-state index >= 15 is 0 Å². The van der Waals surface area contributed by atoms with E-state index in [4.69, 9.17) is 19.6 Å². The summed E-state index contributed by atoms with van der Waals surface area (Å²) in [4.78, 5) is 27.7. The van der Waals surface area contributed by atoms with Gasteiger partial charge in [-0.2, -0.15) is 0 Å². The topological polar surface area (TPSA) is 110 Å². The van der Waals surface area contributed by atoms with Crippen molar-refractivity contribution in [3.63, 3.8) is 0 Å². The van der Waals surface area contributed by atoms with Crippen LogP contribution in [0.2, 0.25) is 0 Å². The molecule has 3 aromatic heterocycles. The summed E-state index contributed by atoms with van der Waals surface area (Å²) in [5, 5.41) is 13.2. The first-order chi connectivity index (χ1) is 17.4. The fourth-order valence-electron chi connectivity index (χ4n) is 3.89. The third-order valence-corrected chi connectivity index (χ3v) is 6.96. The molecule has 1 aliphatic heterocycles. The van der Waals surface area contributed by atoms with Crippen molar-refractivity contribution >= 4 is 34.1 Å². The van der Waals surface area contributed by atoms with Crippen LogP contribution >= 0.6 is 11.3 Å². The number of benzene rings is 1. The molecule has 9 nitrogen and oxygen atoms in total. The molecule has 184 valence electrons. The molecule has 0 radical (unpaired) electrons. The van der Waals surface area contributed by atoms with E-state index in [-0.39, 0.29) is 5.56 Å². The Morgan fingerprint density at radius 3 is 2.64 bits per heavy atom. The Labute approximate surface area is 212 Å². The summed E-state index contributed by atoms with van der Waals surface area (Å²) < 4.78 is 11.5. The average Bonchev–Trinajstić information content (AvgIpc) is 3.55. The molecule has 4 aromatic rings. The van der Waals surface area contributed by atoms with Gasteiger partial charge in [0.25, 0.3) is 0 Å². The van der Waals surface area contributed by atoms with E-state index in [2.05, 4.69) is 15.3 Å². The Bertz CT molecular complexity index is 1370. The summed E-state index contributed by atoms with van der Waals surface area (Å²) in [6.45, 7) is 3.64. The number of rotatable bonds is 8. The van der Waals surface area contributed by atoms with Gasteiger partial charge < -0.3 is 24.8 Å². The lowest BCUT2D eigenvalue weighted by atomic mass is 10.1. The number of ether oxygens (including phenoxy) is 2. The number of pyridine rings is 2. The quantitative estimate of drug-likeness (QED) is 0.347. The zero-order chi connectivity index (χ0) is 25.1. The summed E-state index contributed by atoms with van der Waals surface area (Å²) in [7, 11) is 1.95. The molecule has 5 rings (SSSR count). The lowest BCUT2D eigenvalue weighted by Crippen LogP contribution is -2.22. The molecule has 0 aliphatic carbocycles. The second-order valence-electron chi connectivity index (χ2n) is 8.47. The van der Waals surface area contributed by atoms with Crippen molar-refractivity contribution in [3.8, 4) is 10.6 Å². The number of carboxylic acid groups (broad SMARTS) is 1. The standard InChI is InChI=1S/C26H25N5O4S/c1-26(34-12-13-35-26)19-10-11-27-23(14-19)30-22-5-3-4-20(29-22)21-15-28-25(36-21)31(2)16-17-6-8-18(9-7-17)24(32)33/h3-11,14-15H,12-13,16H2,1-2H3,(H,32,33)(H,27,29,30). The van der Waals surface area contributed by atoms with Crippen molar-refractivity contribution in [2.75, 3.05) is 30.5 Å². The smallest absolute Gasteiger partial charge is 0.335 e. The number of nitrogens with one attached hydrogen (secondary N) is 1. The van der Waals surface area contributed by atoms with Gasteiger partial charge in [0, 0.05) is 31.5 Å². The van der Waals surface area contributed by atoms with Crippen LogP contribution in [0.25, 0.3) is 10.6 Å². The van der Waals surface area contributed by atoms with Crippen molar-refractivity contribution in [2.45, 2.75) is 19.3 Å². The van der Waals surface area contributed by atoms with Gasteiger partial charge in [0.2, 0.25) is 0 Å². The number of hydrogen-bond donors (Lipinski definition) is 2. The highest BCUT2D eigenvalue weighted by Gasteiger charge is 2.33. The van der Waals surface area contributed by atoms with Crippen LogP contribution in [-0.4, -0.2) is 46.3 Å². The number of aromatic nitrogens is 3. The van der Waals surface area contributed by atoms with Gasteiger partial charge in [0.15, 0.2) is 10.9 Å². The van der Waals surface area contributed by atoms with E-state index in [0.717, 1.165) is 26.8 Å². The van der Waals surface area contributed by atoms with Crippen molar-refractivity contribution in [1.82, 2.24) is 15.0 Å². The first-order valence-corrected chi connectivity index (χ1v) is 12.2. The zero-order valence-corrected chi connectivity index (χ0v) is 20.7. The molecular weight excluding hydrogens is 478 g/mol. The van der Waals surface area contributed by atoms with E-state index in [1.165, 1.54) is 11.3 Å². The first kappa shape index (κ1) is 23.9. The van der Waals surface area contributed by atoms with Crippen molar-refractivity contribution in [3.05, 3.63) is 83.7 Å². The molecule has 0 spiro atoms. The molecule has 1 fully saturated rings. The van der Waals surface area contributed by atoms with E-state index in [0.29, 0.717) is 31.4 Å². The van der Waals surface area contributed by atoms with Crippen LogP contribution in [0.15, 0.2) is 67.0 Å². The Balaban J connectivity index is 1.28. The third-order valence-electron chi connectivity index (χ3n) is 5.82. The number of hydrogen-bond acceptors (Lipinski definition) is 9. The highest BCUT2D eigenvalue weighted by atomic mass is 32.1. The van der Waals surface area contributed by atoms with Crippen molar-refractivity contribution in [2.24, 2.45) is 0 Å². The summed E-state index contributed by atoms with van der Waals surface area (Å²) in [5.41, 5.74) is 2.96. The molecule has 0 atom stereocenters. The highest BCUT2D eigenvalue weighted by Crippen LogP contribution is 2.33. The van der Waals surface area contributed by atoms with Crippen LogP contribution in [0.4, 0.5) is 16.8 Å². The molecular formula is C26H25N5O4S. The maximum atomic E-state index is 11.1. The number of aromatic carboxylic acids is 1. The number of nitrogens with zero attached hydrogens (tertiary/aromatic N) is 4. The molecule has 4 heterocycles. The maximum Gasteiger partial charge on any atom is 0.335 e. The normalized spacial score (nSPS) is 14.5. The minimum atomic E-state index is -0.932. The van der Waals surface area contributed by atoms with Gasteiger partial charge in [-0.3, -0.25) is 0 Å². The van der Waals surface area contributed by atoms with E-state index < -0.39 is 11.8 Å². The largest absolute Gasteiger partial charge is 0.478 e. The minimum Gasteiger partial charge on any atom is -0.478 e. The van der Waals surface area contributed by atoms with Crippen molar-refractivity contribution < 1.29 is 19.4 Å². The van der Waals surface area contributed by atoms with Gasteiger partial charge in [-0.05, 0) is 48.9 Å². The lowest BCUT2D eigenvalue weighted by Gasteiger charge is -2.23. The Morgan fingerprint density at radius 2 is 1.89 bits per heavy atom. The molecule has 0 unspecified atom stereocenters. The zero-order valence-electron chi connectivity index (χ0n) is 19.8. The van der Waals surface area contributed by atoms with Crippen LogP contribution in [0.5, 0.6) is 0 Å². The molecule has 10 heteroatoms. The molecule has 1 aliphatic rings. The van der Waals surface area contributed by atoms with E-state index in [9.17, 15) is 4.79 Å². The first-order valence-electron chi connectivity index (χ1n) is 11.4. The molecule has 36 heavy (non-hydrogen) atoms. The third kappa shape index (κ3) is 5.20. The van der Waals surface area contributed by atoms with Gasteiger partial charge in [0.1, 0.15) is 11.6 Å².